The lowest BCUT2D eigenvalue weighted by Crippen LogP contribution is -2.38. The van der Waals surface area contributed by atoms with Crippen LogP contribution in [-0.4, -0.2) is 43.9 Å². The summed E-state index contributed by atoms with van der Waals surface area (Å²) in [7, 11) is 1.56. The third-order valence-electron chi connectivity index (χ3n) is 5.85. The highest BCUT2D eigenvalue weighted by atomic mass is 19.4. The standard InChI is InChI=1S/C25H21F3N6O2/c1-36-20-7-3-2-6-17(20)19-10-12-30-24(32-19)34-21(15-8-9-15)18(14-31-34)23(35)33-22(25(26,27)28)16-5-4-11-29-13-16/h2-7,10-15,22H,8-9H2,1H3,(H,33,35). The van der Waals surface area contributed by atoms with Gasteiger partial charge in [0.1, 0.15) is 5.75 Å². The van der Waals surface area contributed by atoms with E-state index in [0.29, 0.717) is 17.1 Å². The van der Waals surface area contributed by atoms with Crippen molar-refractivity contribution in [2.75, 3.05) is 7.11 Å². The van der Waals surface area contributed by atoms with Gasteiger partial charge in [0.15, 0.2) is 6.04 Å². The van der Waals surface area contributed by atoms with Crippen molar-refractivity contribution in [3.8, 4) is 23.0 Å². The van der Waals surface area contributed by atoms with Crippen LogP contribution in [-0.2, 0) is 0 Å². The summed E-state index contributed by atoms with van der Waals surface area (Å²) in [6.07, 6.45) is 2.13. The monoisotopic (exact) mass is 494 g/mol. The van der Waals surface area contributed by atoms with Gasteiger partial charge in [0, 0.05) is 35.6 Å². The number of halogens is 3. The Morgan fingerprint density at radius 1 is 1.11 bits per heavy atom. The number of nitrogens with zero attached hydrogens (tertiary/aromatic N) is 5. The van der Waals surface area contributed by atoms with E-state index in [1.807, 2.05) is 24.3 Å². The number of para-hydroxylation sites is 1. The average molecular weight is 494 g/mol. The Balaban J connectivity index is 1.50. The Hall–Kier alpha value is -4.28. The van der Waals surface area contributed by atoms with Crippen LogP contribution in [0.2, 0.25) is 0 Å². The molecule has 1 amide bonds. The summed E-state index contributed by atoms with van der Waals surface area (Å²) in [5.41, 5.74) is 1.70. The van der Waals surface area contributed by atoms with Crippen LogP contribution < -0.4 is 10.1 Å². The molecule has 1 aliphatic carbocycles. The Kier molecular flexibility index (Phi) is 6.13. The molecule has 0 radical (unpaired) electrons. The van der Waals surface area contributed by atoms with Crippen molar-refractivity contribution in [2.24, 2.45) is 0 Å². The number of alkyl halides is 3. The van der Waals surface area contributed by atoms with Crippen LogP contribution >= 0.6 is 0 Å². The van der Waals surface area contributed by atoms with Crippen molar-refractivity contribution >= 4 is 5.91 Å². The van der Waals surface area contributed by atoms with Crippen molar-refractivity contribution in [2.45, 2.75) is 31.0 Å². The molecule has 1 fully saturated rings. The van der Waals surface area contributed by atoms with Crippen LogP contribution in [0.4, 0.5) is 13.2 Å². The number of amides is 1. The van der Waals surface area contributed by atoms with E-state index < -0.39 is 18.1 Å². The largest absolute Gasteiger partial charge is 0.496 e. The Morgan fingerprint density at radius 3 is 2.61 bits per heavy atom. The second kappa shape index (κ2) is 9.40. The number of nitrogens with one attached hydrogen (secondary N) is 1. The third kappa shape index (κ3) is 4.64. The van der Waals surface area contributed by atoms with Gasteiger partial charge in [0.2, 0.25) is 0 Å². The Labute approximate surface area is 204 Å². The molecular formula is C25H21F3N6O2. The van der Waals surface area contributed by atoms with Crippen molar-refractivity contribution in [1.82, 2.24) is 30.0 Å². The van der Waals surface area contributed by atoms with Crippen LogP contribution in [0.3, 0.4) is 0 Å². The highest BCUT2D eigenvalue weighted by Crippen LogP contribution is 2.43. The van der Waals surface area contributed by atoms with E-state index in [1.165, 1.54) is 29.2 Å². The summed E-state index contributed by atoms with van der Waals surface area (Å²) in [6.45, 7) is 0. The topological polar surface area (TPSA) is 94.8 Å². The molecule has 184 valence electrons. The molecule has 1 unspecified atom stereocenters. The zero-order chi connectivity index (χ0) is 25.3. The number of carbonyl (C=O) groups excluding carboxylic acids is 1. The number of ether oxygens (including phenoxy) is 1. The minimum Gasteiger partial charge on any atom is -0.496 e. The fourth-order valence-electron chi connectivity index (χ4n) is 4.01. The Bertz CT molecular complexity index is 1390. The predicted molar refractivity (Wildman–Crippen MR) is 124 cm³/mol. The van der Waals surface area contributed by atoms with E-state index in [1.54, 1.807) is 19.4 Å². The molecule has 1 aromatic carbocycles. The molecule has 0 bridgehead atoms. The quantitative estimate of drug-likeness (QED) is 0.402. The number of pyridine rings is 1. The summed E-state index contributed by atoms with van der Waals surface area (Å²) < 4.78 is 48.2. The van der Waals surface area contributed by atoms with Crippen LogP contribution in [0.15, 0.2) is 67.3 Å². The molecule has 0 saturated heterocycles. The fraction of sp³-hybridized carbons (Fsp3) is 0.240. The average Bonchev–Trinajstić information content (AvgIpc) is 3.64. The molecule has 1 aliphatic rings. The van der Waals surface area contributed by atoms with Gasteiger partial charge in [-0.2, -0.15) is 18.3 Å². The van der Waals surface area contributed by atoms with Gasteiger partial charge in [-0.15, -0.1) is 0 Å². The zero-order valence-electron chi connectivity index (χ0n) is 19.1. The number of hydrogen-bond donors (Lipinski definition) is 1. The number of aromatic nitrogens is 5. The van der Waals surface area contributed by atoms with Crippen LogP contribution in [0.25, 0.3) is 17.2 Å². The normalized spacial score (nSPS) is 14.3. The lowest BCUT2D eigenvalue weighted by atomic mass is 10.1. The van der Waals surface area contributed by atoms with E-state index in [2.05, 4.69) is 25.4 Å². The fourth-order valence-corrected chi connectivity index (χ4v) is 4.01. The van der Waals surface area contributed by atoms with Gasteiger partial charge in [0.05, 0.1) is 30.3 Å². The number of benzene rings is 1. The van der Waals surface area contributed by atoms with Gasteiger partial charge in [-0.1, -0.05) is 18.2 Å². The lowest BCUT2D eigenvalue weighted by Gasteiger charge is -2.21. The number of rotatable bonds is 7. The van der Waals surface area contributed by atoms with E-state index in [0.717, 1.165) is 24.6 Å². The first-order valence-corrected chi connectivity index (χ1v) is 11.2. The van der Waals surface area contributed by atoms with Crippen molar-refractivity contribution < 1.29 is 22.7 Å². The summed E-state index contributed by atoms with van der Waals surface area (Å²) in [5.74, 6) is -0.0811. The lowest BCUT2D eigenvalue weighted by molar-refractivity contribution is -0.155. The van der Waals surface area contributed by atoms with Gasteiger partial charge in [-0.3, -0.25) is 9.78 Å². The summed E-state index contributed by atoms with van der Waals surface area (Å²) in [6, 6.07) is 9.52. The first-order chi connectivity index (χ1) is 17.4. The van der Waals surface area contributed by atoms with Crippen LogP contribution in [0.5, 0.6) is 5.75 Å². The molecular weight excluding hydrogens is 473 g/mol. The Morgan fingerprint density at radius 2 is 1.92 bits per heavy atom. The summed E-state index contributed by atoms with van der Waals surface area (Å²) >= 11 is 0. The third-order valence-corrected chi connectivity index (χ3v) is 5.85. The molecule has 8 nitrogen and oxygen atoms in total. The van der Waals surface area contributed by atoms with E-state index in [9.17, 15) is 18.0 Å². The van der Waals surface area contributed by atoms with Gasteiger partial charge >= 0.3 is 6.18 Å². The van der Waals surface area contributed by atoms with Crippen molar-refractivity contribution in [3.63, 3.8) is 0 Å². The van der Waals surface area contributed by atoms with Gasteiger partial charge in [0.25, 0.3) is 11.9 Å². The molecule has 4 aromatic rings. The van der Waals surface area contributed by atoms with Crippen molar-refractivity contribution in [1.29, 1.82) is 0 Å². The van der Waals surface area contributed by atoms with E-state index in [-0.39, 0.29) is 23.0 Å². The smallest absolute Gasteiger partial charge is 0.412 e. The molecule has 11 heteroatoms. The van der Waals surface area contributed by atoms with Crippen LogP contribution in [0.1, 0.15) is 46.4 Å². The number of hydrogen-bond acceptors (Lipinski definition) is 6. The number of carbonyl (C=O) groups is 1. The molecule has 1 N–H and O–H groups in total. The van der Waals surface area contributed by atoms with Crippen molar-refractivity contribution in [3.05, 3.63) is 84.1 Å². The second-order valence-electron chi connectivity index (χ2n) is 8.31. The van der Waals surface area contributed by atoms with E-state index >= 15 is 0 Å². The summed E-state index contributed by atoms with van der Waals surface area (Å²) in [5, 5.41) is 6.41. The molecule has 3 heterocycles. The SMILES string of the molecule is COc1ccccc1-c1ccnc(-n2ncc(C(=O)NC(c3cccnc3)C(F)(F)F)c2C2CC2)n1. The maximum Gasteiger partial charge on any atom is 0.412 e. The first kappa shape index (κ1) is 23.5. The first-order valence-electron chi connectivity index (χ1n) is 11.2. The maximum absolute atomic E-state index is 13.8. The summed E-state index contributed by atoms with van der Waals surface area (Å²) in [4.78, 5) is 25.8. The molecule has 36 heavy (non-hydrogen) atoms. The molecule has 1 atom stereocenters. The van der Waals surface area contributed by atoms with Gasteiger partial charge in [-0.05, 0) is 37.1 Å². The highest BCUT2D eigenvalue weighted by Gasteiger charge is 2.43. The minimum atomic E-state index is -4.71. The van der Waals surface area contributed by atoms with Gasteiger partial charge in [-0.25, -0.2) is 14.6 Å². The van der Waals surface area contributed by atoms with Gasteiger partial charge < -0.3 is 10.1 Å². The molecule has 3 aromatic heterocycles. The second-order valence-corrected chi connectivity index (χ2v) is 8.31. The number of methoxy groups -OCH3 is 1. The van der Waals surface area contributed by atoms with E-state index in [4.69, 9.17) is 4.74 Å². The highest BCUT2D eigenvalue weighted by molar-refractivity contribution is 5.96. The minimum absolute atomic E-state index is 0.0329. The van der Waals surface area contributed by atoms with Crippen LogP contribution in [0, 0.1) is 0 Å². The molecule has 5 rings (SSSR count). The molecule has 0 aliphatic heterocycles. The maximum atomic E-state index is 13.8. The molecule has 0 spiro atoms. The predicted octanol–water partition coefficient (Wildman–Crippen LogP) is 4.64. The molecule has 1 saturated carbocycles. The zero-order valence-corrected chi connectivity index (χ0v) is 19.1.